The van der Waals surface area contributed by atoms with Gasteiger partial charge in [0.15, 0.2) is 0 Å². The Bertz CT molecular complexity index is 571. The van der Waals surface area contributed by atoms with E-state index in [0.717, 1.165) is 30.4 Å². The fraction of sp³-hybridized carbons (Fsp3) is 0.286. The third-order valence-electron chi connectivity index (χ3n) is 3.29. The largest absolute Gasteiger partial charge is 0.348 e. The van der Waals surface area contributed by atoms with Crippen LogP contribution >= 0.6 is 0 Å². The summed E-state index contributed by atoms with van der Waals surface area (Å²) in [5.41, 5.74) is 1.56. The molecule has 1 saturated heterocycles. The van der Waals surface area contributed by atoms with Crippen molar-refractivity contribution in [2.45, 2.75) is 12.5 Å². The lowest BCUT2D eigenvalue weighted by Gasteiger charge is -2.12. The van der Waals surface area contributed by atoms with Crippen LogP contribution in [0.1, 0.15) is 16.8 Å². The number of benzene rings is 1. The predicted octanol–water partition coefficient (Wildman–Crippen LogP) is 1.33. The molecule has 4 heteroatoms. The number of amides is 1. The van der Waals surface area contributed by atoms with Crippen LogP contribution in [0, 0.1) is 0 Å². The molecule has 0 spiro atoms. The molecule has 2 N–H and O–H groups in total. The van der Waals surface area contributed by atoms with E-state index in [0.29, 0.717) is 5.56 Å². The van der Waals surface area contributed by atoms with E-state index in [1.807, 2.05) is 24.3 Å². The first-order valence-electron chi connectivity index (χ1n) is 6.20. The van der Waals surface area contributed by atoms with Crippen LogP contribution < -0.4 is 10.6 Å². The summed E-state index contributed by atoms with van der Waals surface area (Å²) in [7, 11) is 0. The van der Waals surface area contributed by atoms with Crippen molar-refractivity contribution in [2.75, 3.05) is 13.1 Å². The SMILES string of the molecule is O=C(N[C@@H]1CCNC1)c1ccnc2ccccc12. The van der Waals surface area contributed by atoms with Crippen LogP contribution in [0.5, 0.6) is 0 Å². The number of carbonyl (C=O) groups is 1. The fourth-order valence-electron chi connectivity index (χ4n) is 2.33. The monoisotopic (exact) mass is 241 g/mol. The number of para-hydroxylation sites is 1. The van der Waals surface area contributed by atoms with Gasteiger partial charge in [0.1, 0.15) is 0 Å². The highest BCUT2D eigenvalue weighted by molar-refractivity contribution is 6.06. The van der Waals surface area contributed by atoms with Crippen molar-refractivity contribution >= 4 is 16.8 Å². The summed E-state index contributed by atoms with van der Waals surface area (Å²) in [6.45, 7) is 1.83. The maximum Gasteiger partial charge on any atom is 0.252 e. The molecule has 1 atom stereocenters. The summed E-state index contributed by atoms with van der Waals surface area (Å²) in [6, 6.07) is 9.73. The molecule has 1 aliphatic heterocycles. The van der Waals surface area contributed by atoms with Crippen LogP contribution in [0.25, 0.3) is 10.9 Å². The van der Waals surface area contributed by atoms with Crippen LogP contribution in [0.3, 0.4) is 0 Å². The van der Waals surface area contributed by atoms with Gasteiger partial charge in [-0.2, -0.15) is 0 Å². The highest BCUT2D eigenvalue weighted by atomic mass is 16.1. The lowest BCUT2D eigenvalue weighted by molar-refractivity contribution is 0.0941. The molecule has 0 radical (unpaired) electrons. The zero-order valence-corrected chi connectivity index (χ0v) is 10.0. The second-order valence-electron chi connectivity index (χ2n) is 4.54. The summed E-state index contributed by atoms with van der Waals surface area (Å²) in [5.74, 6) is -0.0118. The standard InChI is InChI=1S/C14H15N3O/c18-14(17-10-5-7-15-9-10)12-6-8-16-13-4-2-1-3-11(12)13/h1-4,6,8,10,15H,5,7,9H2,(H,17,18)/t10-/m1/s1. The van der Waals surface area contributed by atoms with Crippen LogP contribution in [0.15, 0.2) is 36.5 Å². The number of fused-ring (bicyclic) bond motifs is 1. The summed E-state index contributed by atoms with van der Waals surface area (Å²) in [6.07, 6.45) is 2.68. The molecule has 2 heterocycles. The van der Waals surface area contributed by atoms with Crippen molar-refractivity contribution in [3.05, 3.63) is 42.1 Å². The third-order valence-corrected chi connectivity index (χ3v) is 3.29. The van der Waals surface area contributed by atoms with E-state index in [1.165, 1.54) is 0 Å². The topological polar surface area (TPSA) is 54.0 Å². The molecule has 0 aliphatic carbocycles. The lowest BCUT2D eigenvalue weighted by atomic mass is 10.1. The highest BCUT2D eigenvalue weighted by Crippen LogP contribution is 2.16. The van der Waals surface area contributed by atoms with Gasteiger partial charge in [0.25, 0.3) is 5.91 Å². The van der Waals surface area contributed by atoms with Crippen molar-refractivity contribution in [1.29, 1.82) is 0 Å². The first-order chi connectivity index (χ1) is 8.84. The van der Waals surface area contributed by atoms with Gasteiger partial charge in [-0.15, -0.1) is 0 Å². The predicted molar refractivity (Wildman–Crippen MR) is 70.5 cm³/mol. The van der Waals surface area contributed by atoms with Crippen LogP contribution in [0.2, 0.25) is 0 Å². The average molecular weight is 241 g/mol. The van der Waals surface area contributed by atoms with Crippen LogP contribution in [-0.2, 0) is 0 Å². The van der Waals surface area contributed by atoms with E-state index < -0.39 is 0 Å². The molecule has 1 aromatic carbocycles. The minimum absolute atomic E-state index is 0.0118. The second-order valence-corrected chi connectivity index (χ2v) is 4.54. The average Bonchev–Trinajstić information content (AvgIpc) is 2.91. The van der Waals surface area contributed by atoms with Gasteiger partial charge in [0.2, 0.25) is 0 Å². The maximum absolute atomic E-state index is 12.2. The zero-order chi connectivity index (χ0) is 12.4. The van der Waals surface area contributed by atoms with Crippen molar-refractivity contribution in [2.24, 2.45) is 0 Å². The van der Waals surface area contributed by atoms with E-state index in [2.05, 4.69) is 15.6 Å². The molecule has 0 unspecified atom stereocenters. The van der Waals surface area contributed by atoms with Crippen molar-refractivity contribution in [1.82, 2.24) is 15.6 Å². The van der Waals surface area contributed by atoms with Gasteiger partial charge >= 0.3 is 0 Å². The second kappa shape index (κ2) is 4.74. The molecule has 1 aromatic heterocycles. The molecule has 1 amide bonds. The Morgan fingerprint density at radius 1 is 1.33 bits per heavy atom. The van der Waals surface area contributed by atoms with E-state index in [4.69, 9.17) is 0 Å². The minimum Gasteiger partial charge on any atom is -0.348 e. The van der Waals surface area contributed by atoms with Gasteiger partial charge in [-0.1, -0.05) is 18.2 Å². The molecule has 2 aromatic rings. The van der Waals surface area contributed by atoms with Gasteiger partial charge in [0, 0.05) is 24.2 Å². The summed E-state index contributed by atoms with van der Waals surface area (Å²) >= 11 is 0. The first-order valence-corrected chi connectivity index (χ1v) is 6.20. The normalized spacial score (nSPS) is 19.0. The molecule has 1 aliphatic rings. The Balaban J connectivity index is 1.91. The molecular weight excluding hydrogens is 226 g/mol. The highest BCUT2D eigenvalue weighted by Gasteiger charge is 2.18. The van der Waals surface area contributed by atoms with Crippen molar-refractivity contribution < 1.29 is 4.79 Å². The fourth-order valence-corrected chi connectivity index (χ4v) is 2.33. The van der Waals surface area contributed by atoms with E-state index in [1.54, 1.807) is 12.3 Å². The van der Waals surface area contributed by atoms with Crippen molar-refractivity contribution in [3.63, 3.8) is 0 Å². The summed E-state index contributed by atoms with van der Waals surface area (Å²) in [4.78, 5) is 16.5. The number of nitrogens with one attached hydrogen (secondary N) is 2. The Kier molecular flexibility index (Phi) is 2.94. The van der Waals surface area contributed by atoms with Crippen LogP contribution in [-0.4, -0.2) is 30.0 Å². The number of hydrogen-bond acceptors (Lipinski definition) is 3. The van der Waals surface area contributed by atoms with E-state index >= 15 is 0 Å². The molecule has 1 fully saturated rings. The van der Waals surface area contributed by atoms with Gasteiger partial charge in [-0.3, -0.25) is 9.78 Å². The van der Waals surface area contributed by atoms with E-state index in [-0.39, 0.29) is 11.9 Å². The summed E-state index contributed by atoms with van der Waals surface area (Å²) < 4.78 is 0. The number of rotatable bonds is 2. The zero-order valence-electron chi connectivity index (χ0n) is 10.0. The molecule has 3 rings (SSSR count). The number of carbonyl (C=O) groups excluding carboxylic acids is 1. The molecule has 4 nitrogen and oxygen atoms in total. The Hall–Kier alpha value is -1.94. The number of pyridine rings is 1. The molecule has 0 bridgehead atoms. The Labute approximate surface area is 105 Å². The van der Waals surface area contributed by atoms with Gasteiger partial charge < -0.3 is 10.6 Å². The Morgan fingerprint density at radius 2 is 2.22 bits per heavy atom. The molecule has 18 heavy (non-hydrogen) atoms. The smallest absolute Gasteiger partial charge is 0.252 e. The van der Waals surface area contributed by atoms with Crippen LogP contribution in [0.4, 0.5) is 0 Å². The van der Waals surface area contributed by atoms with Gasteiger partial charge in [0.05, 0.1) is 11.1 Å². The number of aromatic nitrogens is 1. The van der Waals surface area contributed by atoms with Gasteiger partial charge in [-0.05, 0) is 25.1 Å². The molecule has 0 saturated carbocycles. The maximum atomic E-state index is 12.2. The third kappa shape index (κ3) is 2.07. The van der Waals surface area contributed by atoms with Gasteiger partial charge in [-0.25, -0.2) is 0 Å². The lowest BCUT2D eigenvalue weighted by Crippen LogP contribution is -2.36. The number of hydrogen-bond donors (Lipinski definition) is 2. The number of nitrogens with zero attached hydrogens (tertiary/aromatic N) is 1. The Morgan fingerprint density at radius 3 is 3.06 bits per heavy atom. The minimum atomic E-state index is -0.0118. The first kappa shape index (κ1) is 11.2. The molecular formula is C14H15N3O. The van der Waals surface area contributed by atoms with Crippen molar-refractivity contribution in [3.8, 4) is 0 Å². The quantitative estimate of drug-likeness (QED) is 0.834. The molecule has 92 valence electrons. The van der Waals surface area contributed by atoms with E-state index in [9.17, 15) is 4.79 Å². The summed E-state index contributed by atoms with van der Waals surface area (Å²) in [5, 5.41) is 7.20.